The summed E-state index contributed by atoms with van der Waals surface area (Å²) >= 11 is 0. The Kier molecular flexibility index (Phi) is 7.51. The molecule has 0 bridgehead atoms. The zero-order valence-corrected chi connectivity index (χ0v) is 21.4. The number of carbonyl (C=O) groups is 1. The van der Waals surface area contributed by atoms with Gasteiger partial charge in [-0.1, -0.05) is 12.1 Å². The van der Waals surface area contributed by atoms with E-state index in [0.29, 0.717) is 18.8 Å². The predicted molar refractivity (Wildman–Crippen MR) is 144 cm³/mol. The Morgan fingerprint density at radius 1 is 0.973 bits per heavy atom. The lowest BCUT2D eigenvalue weighted by Gasteiger charge is -2.31. The Labute approximate surface area is 217 Å². The second-order valence-electron chi connectivity index (χ2n) is 9.25. The Morgan fingerprint density at radius 2 is 1.68 bits per heavy atom. The van der Waals surface area contributed by atoms with Gasteiger partial charge in [-0.2, -0.15) is 0 Å². The number of allylic oxidation sites excluding steroid dienone is 3. The number of morpholine rings is 1. The van der Waals surface area contributed by atoms with E-state index in [1.165, 1.54) is 23.4 Å². The van der Waals surface area contributed by atoms with Gasteiger partial charge >= 0.3 is 5.97 Å². The van der Waals surface area contributed by atoms with Crippen LogP contribution in [-0.2, 0) is 14.3 Å². The molecule has 5 rings (SSSR count). The number of hydrogen-bond donors (Lipinski definition) is 0. The summed E-state index contributed by atoms with van der Waals surface area (Å²) in [4.78, 5) is 21.8. The average molecular weight is 502 g/mol. The van der Waals surface area contributed by atoms with Crippen molar-refractivity contribution in [2.24, 2.45) is 4.99 Å². The van der Waals surface area contributed by atoms with Crippen LogP contribution in [-0.4, -0.2) is 56.2 Å². The minimum atomic E-state index is -0.488. The van der Waals surface area contributed by atoms with Crippen molar-refractivity contribution in [3.05, 3.63) is 94.1 Å². The average Bonchev–Trinajstić information content (AvgIpc) is 3.49. The van der Waals surface area contributed by atoms with Crippen molar-refractivity contribution < 1.29 is 18.7 Å². The van der Waals surface area contributed by atoms with Crippen molar-refractivity contribution in [2.75, 3.05) is 44.3 Å². The molecule has 1 fully saturated rings. The SMILES string of the molecule is CCN(CC)c1ccc(C=C2CCC(C=C3N=C(c4ccc(F)cc4)OC3=O)=C2N2CCOCC2)cc1. The topological polar surface area (TPSA) is 54.4 Å². The molecule has 0 atom stereocenters. The van der Waals surface area contributed by atoms with Gasteiger partial charge in [-0.3, -0.25) is 0 Å². The number of ether oxygens (including phenoxy) is 2. The predicted octanol–water partition coefficient (Wildman–Crippen LogP) is 5.32. The van der Waals surface area contributed by atoms with Crippen LogP contribution < -0.4 is 4.90 Å². The summed E-state index contributed by atoms with van der Waals surface area (Å²) in [6.45, 7) is 9.24. The Balaban J connectivity index is 1.48. The molecule has 0 saturated carbocycles. The summed E-state index contributed by atoms with van der Waals surface area (Å²) in [5, 5.41) is 0. The van der Waals surface area contributed by atoms with E-state index in [0.717, 1.165) is 55.9 Å². The highest BCUT2D eigenvalue weighted by Gasteiger charge is 2.29. The van der Waals surface area contributed by atoms with Gasteiger partial charge in [-0.25, -0.2) is 14.2 Å². The van der Waals surface area contributed by atoms with Gasteiger partial charge in [0.25, 0.3) is 0 Å². The van der Waals surface area contributed by atoms with E-state index in [9.17, 15) is 9.18 Å². The lowest BCUT2D eigenvalue weighted by molar-refractivity contribution is -0.130. The molecule has 1 aliphatic carbocycles. The van der Waals surface area contributed by atoms with Crippen molar-refractivity contribution in [2.45, 2.75) is 26.7 Å². The van der Waals surface area contributed by atoms with E-state index >= 15 is 0 Å². The number of hydrogen-bond acceptors (Lipinski definition) is 6. The van der Waals surface area contributed by atoms with Crippen LogP contribution in [0.3, 0.4) is 0 Å². The molecule has 0 aromatic heterocycles. The van der Waals surface area contributed by atoms with Crippen molar-refractivity contribution >= 4 is 23.6 Å². The maximum atomic E-state index is 13.3. The van der Waals surface area contributed by atoms with Gasteiger partial charge in [0.2, 0.25) is 5.90 Å². The van der Waals surface area contributed by atoms with Gasteiger partial charge in [0.05, 0.1) is 13.2 Å². The number of halogens is 1. The standard InChI is InChI=1S/C30H32FN3O3/c1-3-33(4-2)26-13-5-21(6-14-26)19-23-7-8-24(28(23)34-15-17-36-18-16-34)20-27-30(35)37-29(32-27)22-9-11-25(31)12-10-22/h5-6,9-14,19-20H,3-4,7-8,15-18H2,1-2H3. The number of esters is 1. The molecule has 37 heavy (non-hydrogen) atoms. The molecule has 0 radical (unpaired) electrons. The minimum Gasteiger partial charge on any atom is -0.402 e. The smallest absolute Gasteiger partial charge is 0.363 e. The Hall–Kier alpha value is -3.71. The van der Waals surface area contributed by atoms with Crippen LogP contribution in [0.1, 0.15) is 37.8 Å². The van der Waals surface area contributed by atoms with Crippen LogP contribution in [0, 0.1) is 5.82 Å². The van der Waals surface area contributed by atoms with Crippen LogP contribution in [0.5, 0.6) is 0 Å². The fourth-order valence-corrected chi connectivity index (χ4v) is 5.05. The lowest BCUT2D eigenvalue weighted by Crippen LogP contribution is -2.36. The molecule has 1 saturated heterocycles. The number of anilines is 1. The summed E-state index contributed by atoms with van der Waals surface area (Å²) < 4.78 is 24.3. The first kappa shape index (κ1) is 25.0. The summed E-state index contributed by atoms with van der Waals surface area (Å²) in [5.74, 6) is -0.637. The van der Waals surface area contributed by atoms with Gasteiger partial charge < -0.3 is 19.3 Å². The van der Waals surface area contributed by atoms with Crippen LogP contribution in [0.15, 0.2) is 82.1 Å². The van der Waals surface area contributed by atoms with Gasteiger partial charge in [-0.05, 0) is 91.9 Å². The molecule has 6 nitrogen and oxygen atoms in total. The number of carbonyl (C=O) groups excluding carboxylic acids is 1. The summed E-state index contributed by atoms with van der Waals surface area (Å²) in [5.41, 5.74) is 6.69. The molecule has 2 aromatic rings. The van der Waals surface area contributed by atoms with E-state index < -0.39 is 5.97 Å². The highest BCUT2D eigenvalue weighted by Crippen LogP contribution is 2.37. The fourth-order valence-electron chi connectivity index (χ4n) is 5.05. The van der Waals surface area contributed by atoms with Crippen molar-refractivity contribution in [3.8, 4) is 0 Å². The van der Waals surface area contributed by atoms with Gasteiger partial charge in [0, 0.05) is 43.1 Å². The van der Waals surface area contributed by atoms with Crippen molar-refractivity contribution in [1.82, 2.24) is 4.90 Å². The van der Waals surface area contributed by atoms with Crippen LogP contribution in [0.2, 0.25) is 0 Å². The molecule has 2 aromatic carbocycles. The zero-order chi connectivity index (χ0) is 25.8. The molecular formula is C30H32FN3O3. The van der Waals surface area contributed by atoms with E-state index in [1.807, 2.05) is 6.08 Å². The second-order valence-corrected chi connectivity index (χ2v) is 9.25. The molecule has 7 heteroatoms. The highest BCUT2D eigenvalue weighted by atomic mass is 19.1. The molecule has 2 aliphatic heterocycles. The number of cyclic esters (lactones) is 1. The summed E-state index contributed by atoms with van der Waals surface area (Å²) in [6, 6.07) is 14.5. The second kappa shape index (κ2) is 11.1. The number of nitrogens with zero attached hydrogens (tertiary/aromatic N) is 3. The number of aliphatic imine (C=N–C) groups is 1. The van der Waals surface area contributed by atoms with E-state index in [-0.39, 0.29) is 17.4 Å². The third-order valence-corrected chi connectivity index (χ3v) is 6.98. The molecule has 0 spiro atoms. The molecule has 0 unspecified atom stereocenters. The van der Waals surface area contributed by atoms with Gasteiger partial charge in [-0.15, -0.1) is 0 Å². The third kappa shape index (κ3) is 5.52. The van der Waals surface area contributed by atoms with Crippen LogP contribution in [0.4, 0.5) is 10.1 Å². The highest BCUT2D eigenvalue weighted by molar-refractivity contribution is 6.11. The monoisotopic (exact) mass is 501 g/mol. The normalized spacial score (nSPS) is 20.1. The molecule has 2 heterocycles. The first-order chi connectivity index (χ1) is 18.1. The third-order valence-electron chi connectivity index (χ3n) is 6.98. The maximum absolute atomic E-state index is 13.3. The lowest BCUT2D eigenvalue weighted by atomic mass is 10.1. The molecule has 0 amide bonds. The molecule has 192 valence electrons. The van der Waals surface area contributed by atoms with Gasteiger partial charge in [0.1, 0.15) is 5.82 Å². The largest absolute Gasteiger partial charge is 0.402 e. The van der Waals surface area contributed by atoms with E-state index in [4.69, 9.17) is 9.47 Å². The number of rotatable bonds is 7. The molecule has 0 N–H and O–H groups in total. The summed E-state index contributed by atoms with van der Waals surface area (Å²) in [7, 11) is 0. The van der Waals surface area contributed by atoms with Gasteiger partial charge in [0.15, 0.2) is 5.70 Å². The first-order valence-electron chi connectivity index (χ1n) is 13.0. The maximum Gasteiger partial charge on any atom is 0.363 e. The number of benzene rings is 2. The Bertz CT molecular complexity index is 1270. The molecular weight excluding hydrogens is 469 g/mol. The minimum absolute atomic E-state index is 0.201. The fraction of sp³-hybridized carbons (Fsp3) is 0.333. The first-order valence-corrected chi connectivity index (χ1v) is 13.0. The van der Waals surface area contributed by atoms with Crippen LogP contribution in [0.25, 0.3) is 6.08 Å². The van der Waals surface area contributed by atoms with E-state index in [1.54, 1.807) is 12.1 Å². The summed E-state index contributed by atoms with van der Waals surface area (Å²) in [6.07, 6.45) is 5.80. The molecule has 3 aliphatic rings. The van der Waals surface area contributed by atoms with Crippen LogP contribution >= 0.6 is 0 Å². The Morgan fingerprint density at radius 3 is 2.35 bits per heavy atom. The quantitative estimate of drug-likeness (QED) is 0.380. The zero-order valence-electron chi connectivity index (χ0n) is 21.4. The van der Waals surface area contributed by atoms with Crippen molar-refractivity contribution in [1.29, 1.82) is 0 Å². The van der Waals surface area contributed by atoms with E-state index in [2.05, 4.69) is 59.0 Å². The van der Waals surface area contributed by atoms with Crippen molar-refractivity contribution in [3.63, 3.8) is 0 Å².